The maximum absolute atomic E-state index is 5.50. The fourth-order valence-corrected chi connectivity index (χ4v) is 3.35. The molecule has 0 radical (unpaired) electrons. The summed E-state index contributed by atoms with van der Waals surface area (Å²) in [5.74, 6) is 1.80. The number of pyridine rings is 1. The Hall–Kier alpha value is -2.25. The van der Waals surface area contributed by atoms with E-state index in [1.165, 1.54) is 10.9 Å². The summed E-state index contributed by atoms with van der Waals surface area (Å²) in [5.41, 5.74) is 7.86. The van der Waals surface area contributed by atoms with Crippen LogP contribution in [0.2, 0.25) is 0 Å². The van der Waals surface area contributed by atoms with Gasteiger partial charge in [-0.3, -0.25) is 4.90 Å². The minimum absolute atomic E-state index is 0.295. The molecule has 4 rings (SSSR count). The zero-order chi connectivity index (χ0) is 15.6. The number of aromatic nitrogens is 4. The summed E-state index contributed by atoms with van der Waals surface area (Å²) >= 11 is 0. The Kier molecular flexibility index (Phi) is 3.80. The first-order valence-corrected chi connectivity index (χ1v) is 7.99. The number of nitrogens with zero attached hydrogens (tertiary/aromatic N) is 4. The molecule has 1 aliphatic heterocycles. The number of hydrogen-bond acceptors (Lipinski definition) is 6. The molecule has 0 aliphatic carbocycles. The van der Waals surface area contributed by atoms with Crippen molar-refractivity contribution in [1.82, 2.24) is 25.0 Å². The van der Waals surface area contributed by atoms with Crippen LogP contribution in [-0.2, 0) is 13.1 Å². The van der Waals surface area contributed by atoms with E-state index in [2.05, 4.69) is 37.3 Å². The van der Waals surface area contributed by atoms with Gasteiger partial charge >= 0.3 is 0 Å². The molecule has 7 nitrogen and oxygen atoms in total. The molecule has 0 bridgehead atoms. The Bertz CT molecular complexity index is 787. The Morgan fingerprint density at radius 2 is 2.22 bits per heavy atom. The average Bonchev–Trinajstić information content (AvgIpc) is 3.22. The van der Waals surface area contributed by atoms with Crippen molar-refractivity contribution in [2.75, 3.05) is 13.1 Å². The van der Waals surface area contributed by atoms with Crippen molar-refractivity contribution in [2.24, 2.45) is 5.73 Å². The van der Waals surface area contributed by atoms with Gasteiger partial charge in [0, 0.05) is 17.8 Å². The molecule has 0 unspecified atom stereocenters. The second kappa shape index (κ2) is 6.10. The zero-order valence-corrected chi connectivity index (χ0v) is 12.9. The Labute approximate surface area is 133 Å². The first-order valence-electron chi connectivity index (χ1n) is 7.99. The standard InChI is InChI=1S/C16H20N6O/c17-8-15-20-14(21-23-15)10-22-6-3-11(4-7-22)13-9-19-16-12(13)2-1-5-18-16/h1-2,5,9,11H,3-4,6-8,10,17H2,(H,18,19). The number of rotatable bonds is 4. The second-order valence-electron chi connectivity index (χ2n) is 6.00. The number of aromatic amines is 1. The van der Waals surface area contributed by atoms with Gasteiger partial charge in [0.15, 0.2) is 5.82 Å². The third-order valence-corrected chi connectivity index (χ3v) is 4.56. The number of H-pyrrole nitrogens is 1. The van der Waals surface area contributed by atoms with Crippen molar-refractivity contribution in [3.8, 4) is 0 Å². The number of hydrogen-bond donors (Lipinski definition) is 2. The molecular weight excluding hydrogens is 292 g/mol. The van der Waals surface area contributed by atoms with Crippen LogP contribution >= 0.6 is 0 Å². The van der Waals surface area contributed by atoms with Crippen LogP contribution in [0.15, 0.2) is 29.0 Å². The summed E-state index contributed by atoms with van der Waals surface area (Å²) in [6.45, 7) is 3.09. The van der Waals surface area contributed by atoms with Gasteiger partial charge in [-0.05, 0) is 49.5 Å². The van der Waals surface area contributed by atoms with Crippen LogP contribution in [0.1, 0.15) is 36.0 Å². The molecule has 3 aromatic heterocycles. The molecule has 23 heavy (non-hydrogen) atoms. The average molecular weight is 312 g/mol. The monoisotopic (exact) mass is 312 g/mol. The summed E-state index contributed by atoms with van der Waals surface area (Å²) in [6.07, 6.45) is 6.20. The predicted molar refractivity (Wildman–Crippen MR) is 85.5 cm³/mol. The van der Waals surface area contributed by atoms with Crippen LogP contribution in [0.3, 0.4) is 0 Å². The van der Waals surface area contributed by atoms with Gasteiger partial charge in [0.05, 0.1) is 13.1 Å². The zero-order valence-electron chi connectivity index (χ0n) is 12.9. The molecule has 120 valence electrons. The van der Waals surface area contributed by atoms with E-state index in [9.17, 15) is 0 Å². The summed E-state index contributed by atoms with van der Waals surface area (Å²) < 4.78 is 5.06. The third-order valence-electron chi connectivity index (χ3n) is 4.56. The third kappa shape index (κ3) is 2.85. The maximum Gasteiger partial charge on any atom is 0.240 e. The van der Waals surface area contributed by atoms with E-state index in [0.29, 0.717) is 18.4 Å². The van der Waals surface area contributed by atoms with Gasteiger partial charge in [-0.15, -0.1) is 0 Å². The molecule has 0 amide bonds. The Morgan fingerprint density at radius 1 is 1.35 bits per heavy atom. The van der Waals surface area contributed by atoms with Crippen molar-refractivity contribution < 1.29 is 4.52 Å². The summed E-state index contributed by atoms with van der Waals surface area (Å²) in [7, 11) is 0. The van der Waals surface area contributed by atoms with Crippen LogP contribution < -0.4 is 5.73 Å². The normalized spacial score (nSPS) is 17.1. The van der Waals surface area contributed by atoms with Crippen LogP contribution in [0.4, 0.5) is 0 Å². The molecule has 3 aromatic rings. The molecule has 3 N–H and O–H groups in total. The number of nitrogens with two attached hydrogens (primary N) is 1. The van der Waals surface area contributed by atoms with Gasteiger partial charge in [0.25, 0.3) is 0 Å². The topological polar surface area (TPSA) is 96.9 Å². The van der Waals surface area contributed by atoms with Gasteiger partial charge in [0.1, 0.15) is 5.65 Å². The Morgan fingerprint density at radius 3 is 3.00 bits per heavy atom. The minimum atomic E-state index is 0.295. The quantitative estimate of drug-likeness (QED) is 0.762. The van der Waals surface area contributed by atoms with Crippen molar-refractivity contribution in [3.63, 3.8) is 0 Å². The lowest BCUT2D eigenvalue weighted by atomic mass is 9.89. The summed E-state index contributed by atoms with van der Waals surface area (Å²) in [5, 5.41) is 5.22. The molecule has 7 heteroatoms. The van der Waals surface area contributed by atoms with E-state index in [0.717, 1.165) is 43.9 Å². The molecular formula is C16H20N6O. The van der Waals surface area contributed by atoms with E-state index >= 15 is 0 Å². The molecule has 0 saturated carbocycles. The molecule has 0 spiro atoms. The van der Waals surface area contributed by atoms with E-state index in [1.54, 1.807) is 0 Å². The van der Waals surface area contributed by atoms with Crippen molar-refractivity contribution in [1.29, 1.82) is 0 Å². The SMILES string of the molecule is NCc1nc(CN2CCC(c3c[nH]c4ncccc34)CC2)no1. The van der Waals surface area contributed by atoms with Crippen LogP contribution in [0.25, 0.3) is 11.0 Å². The summed E-state index contributed by atoms with van der Waals surface area (Å²) in [6, 6.07) is 4.15. The smallest absolute Gasteiger partial charge is 0.240 e. The number of nitrogens with one attached hydrogen (secondary N) is 1. The lowest BCUT2D eigenvalue weighted by molar-refractivity contribution is 0.198. The fraction of sp³-hybridized carbons (Fsp3) is 0.438. The molecule has 0 aromatic carbocycles. The first kappa shape index (κ1) is 14.3. The lowest BCUT2D eigenvalue weighted by Gasteiger charge is -2.30. The van der Waals surface area contributed by atoms with Crippen molar-refractivity contribution >= 4 is 11.0 Å². The van der Waals surface area contributed by atoms with Crippen LogP contribution in [0, 0.1) is 0 Å². The van der Waals surface area contributed by atoms with Gasteiger partial charge in [-0.1, -0.05) is 5.16 Å². The van der Waals surface area contributed by atoms with Gasteiger partial charge in [-0.25, -0.2) is 4.98 Å². The van der Waals surface area contributed by atoms with E-state index < -0.39 is 0 Å². The van der Waals surface area contributed by atoms with Gasteiger partial charge in [-0.2, -0.15) is 4.98 Å². The van der Waals surface area contributed by atoms with Crippen molar-refractivity contribution in [2.45, 2.75) is 31.8 Å². The highest BCUT2D eigenvalue weighted by molar-refractivity contribution is 5.80. The van der Waals surface area contributed by atoms with Crippen molar-refractivity contribution in [3.05, 3.63) is 41.8 Å². The highest BCUT2D eigenvalue weighted by atomic mass is 16.5. The minimum Gasteiger partial charge on any atom is -0.346 e. The fourth-order valence-electron chi connectivity index (χ4n) is 3.35. The lowest BCUT2D eigenvalue weighted by Crippen LogP contribution is -2.32. The van der Waals surface area contributed by atoms with E-state index in [1.807, 2.05) is 12.3 Å². The maximum atomic E-state index is 5.50. The van der Waals surface area contributed by atoms with E-state index in [4.69, 9.17) is 10.3 Å². The van der Waals surface area contributed by atoms with Crippen LogP contribution in [-0.4, -0.2) is 38.1 Å². The molecule has 1 fully saturated rings. The molecule has 4 heterocycles. The number of likely N-dealkylation sites (tertiary alicyclic amines) is 1. The highest BCUT2D eigenvalue weighted by Crippen LogP contribution is 2.32. The number of piperidine rings is 1. The van der Waals surface area contributed by atoms with E-state index in [-0.39, 0.29) is 0 Å². The molecule has 1 saturated heterocycles. The molecule has 0 atom stereocenters. The second-order valence-corrected chi connectivity index (χ2v) is 6.00. The largest absolute Gasteiger partial charge is 0.346 e. The number of fused-ring (bicyclic) bond motifs is 1. The Balaban J connectivity index is 1.40. The molecule has 1 aliphatic rings. The first-order chi connectivity index (χ1) is 11.3. The van der Waals surface area contributed by atoms with Gasteiger partial charge < -0.3 is 15.2 Å². The highest BCUT2D eigenvalue weighted by Gasteiger charge is 2.23. The summed E-state index contributed by atoms with van der Waals surface area (Å²) in [4.78, 5) is 14.3. The van der Waals surface area contributed by atoms with Crippen LogP contribution in [0.5, 0.6) is 0 Å². The van der Waals surface area contributed by atoms with Gasteiger partial charge in [0.2, 0.25) is 5.89 Å². The predicted octanol–water partition coefficient (Wildman–Crippen LogP) is 1.78.